The van der Waals surface area contributed by atoms with Gasteiger partial charge in [0.15, 0.2) is 5.89 Å². The van der Waals surface area contributed by atoms with Crippen molar-refractivity contribution in [2.24, 2.45) is 0 Å². The Balaban J connectivity index is 2.21. The average Bonchev–Trinajstić information content (AvgIpc) is 2.63. The fourth-order valence-corrected chi connectivity index (χ4v) is 1.72. The molecule has 0 spiro atoms. The van der Waals surface area contributed by atoms with Crippen LogP contribution >= 0.6 is 11.6 Å². The van der Waals surface area contributed by atoms with Crippen LogP contribution in [0.25, 0.3) is 0 Å². The summed E-state index contributed by atoms with van der Waals surface area (Å²) >= 11 is 5.87. The van der Waals surface area contributed by atoms with Gasteiger partial charge in [0.05, 0.1) is 16.4 Å². The number of carbonyl (C=O) groups excluding carboxylic acids is 1. The van der Waals surface area contributed by atoms with Crippen molar-refractivity contribution in [1.29, 1.82) is 0 Å². The summed E-state index contributed by atoms with van der Waals surface area (Å²) in [5, 5.41) is 3.06. The molecule has 18 heavy (non-hydrogen) atoms. The molecule has 5 nitrogen and oxygen atoms in total. The lowest BCUT2D eigenvalue weighted by molar-refractivity contribution is 0.0994. The van der Waals surface area contributed by atoms with Gasteiger partial charge in [-0.15, -0.1) is 0 Å². The van der Waals surface area contributed by atoms with Gasteiger partial charge in [0, 0.05) is 12.6 Å². The van der Waals surface area contributed by atoms with Gasteiger partial charge in [0.25, 0.3) is 5.91 Å². The number of rotatable bonds is 2. The van der Waals surface area contributed by atoms with E-state index in [1.165, 1.54) is 0 Å². The lowest BCUT2D eigenvalue weighted by atomic mass is 10.2. The first kappa shape index (κ1) is 12.4. The Labute approximate surface area is 109 Å². The molecule has 0 radical (unpaired) electrons. The van der Waals surface area contributed by atoms with Crippen LogP contribution in [0.5, 0.6) is 0 Å². The number of carbonyl (C=O) groups is 1. The number of nitrogens with one attached hydrogen (secondary N) is 1. The molecule has 0 aliphatic carbocycles. The molecular formula is C12H12ClN3O2. The first-order valence-corrected chi connectivity index (χ1v) is 5.65. The van der Waals surface area contributed by atoms with Crippen LogP contribution in [0.15, 0.2) is 22.6 Å². The average molecular weight is 266 g/mol. The van der Waals surface area contributed by atoms with Crippen LogP contribution in [-0.4, -0.2) is 10.9 Å². The number of nitrogens with two attached hydrogens (primary N) is 1. The maximum absolute atomic E-state index is 11.9. The molecule has 0 aliphatic heterocycles. The molecular weight excluding hydrogens is 254 g/mol. The number of aromatic nitrogens is 1. The molecule has 0 aliphatic rings. The second-order valence-electron chi connectivity index (χ2n) is 3.84. The van der Waals surface area contributed by atoms with E-state index in [0.29, 0.717) is 28.0 Å². The highest BCUT2D eigenvalue weighted by Gasteiger charge is 2.16. The molecule has 2 aromatic rings. The second kappa shape index (κ2) is 4.70. The summed E-state index contributed by atoms with van der Waals surface area (Å²) < 4.78 is 5.22. The van der Waals surface area contributed by atoms with Gasteiger partial charge in [-0.3, -0.25) is 4.79 Å². The third kappa shape index (κ3) is 2.46. The normalized spacial score (nSPS) is 10.4. The van der Waals surface area contributed by atoms with E-state index in [1.807, 2.05) is 0 Å². The summed E-state index contributed by atoms with van der Waals surface area (Å²) in [6.07, 6.45) is 0. The topological polar surface area (TPSA) is 81.2 Å². The highest BCUT2D eigenvalue weighted by molar-refractivity contribution is 6.33. The SMILES string of the molecule is Cc1nc(C)c(C(=O)Nc2ccc(N)c(Cl)c2)o1. The molecule has 1 aromatic heterocycles. The van der Waals surface area contributed by atoms with E-state index in [4.69, 9.17) is 21.8 Å². The molecule has 3 N–H and O–H groups in total. The summed E-state index contributed by atoms with van der Waals surface area (Å²) in [5.41, 5.74) is 7.14. The van der Waals surface area contributed by atoms with Crippen molar-refractivity contribution in [3.05, 3.63) is 40.6 Å². The summed E-state index contributed by atoms with van der Waals surface area (Å²) in [5.74, 6) is 0.280. The molecule has 0 saturated heterocycles. The number of amides is 1. The predicted octanol–water partition coefficient (Wildman–Crippen LogP) is 2.78. The number of benzene rings is 1. The van der Waals surface area contributed by atoms with Crippen LogP contribution in [0.2, 0.25) is 5.02 Å². The maximum atomic E-state index is 11.9. The van der Waals surface area contributed by atoms with Crippen molar-refractivity contribution < 1.29 is 9.21 Å². The summed E-state index contributed by atoms with van der Waals surface area (Å²) in [4.78, 5) is 16.0. The molecule has 6 heteroatoms. The Morgan fingerprint density at radius 3 is 2.72 bits per heavy atom. The summed E-state index contributed by atoms with van der Waals surface area (Å²) in [6, 6.07) is 4.86. The van der Waals surface area contributed by atoms with Crippen LogP contribution < -0.4 is 11.1 Å². The standard InChI is InChI=1S/C12H12ClN3O2/c1-6-11(18-7(2)15-6)12(17)16-8-3-4-10(14)9(13)5-8/h3-5H,14H2,1-2H3,(H,16,17). The first-order chi connectivity index (χ1) is 8.47. The number of nitrogen functional groups attached to an aromatic ring is 1. The predicted molar refractivity (Wildman–Crippen MR) is 69.8 cm³/mol. The Hall–Kier alpha value is -2.01. The molecule has 94 valence electrons. The van der Waals surface area contributed by atoms with Crippen molar-refractivity contribution in [2.45, 2.75) is 13.8 Å². The van der Waals surface area contributed by atoms with Gasteiger partial charge in [-0.2, -0.15) is 0 Å². The molecule has 0 atom stereocenters. The van der Waals surface area contributed by atoms with Crippen LogP contribution in [0, 0.1) is 13.8 Å². The monoisotopic (exact) mass is 265 g/mol. The number of oxazole rings is 1. The minimum absolute atomic E-state index is 0.195. The highest BCUT2D eigenvalue weighted by atomic mass is 35.5. The summed E-state index contributed by atoms with van der Waals surface area (Å²) in [7, 11) is 0. The zero-order chi connectivity index (χ0) is 13.3. The van der Waals surface area contributed by atoms with Crippen molar-refractivity contribution >= 4 is 28.9 Å². The Morgan fingerprint density at radius 2 is 2.17 bits per heavy atom. The van der Waals surface area contributed by atoms with E-state index in [1.54, 1.807) is 32.0 Å². The lowest BCUT2D eigenvalue weighted by Gasteiger charge is -2.05. The van der Waals surface area contributed by atoms with E-state index < -0.39 is 0 Å². The van der Waals surface area contributed by atoms with Gasteiger partial charge in [-0.25, -0.2) is 4.98 Å². The number of anilines is 2. The summed E-state index contributed by atoms with van der Waals surface area (Å²) in [6.45, 7) is 3.39. The van der Waals surface area contributed by atoms with Crippen LogP contribution in [-0.2, 0) is 0 Å². The number of nitrogens with zero attached hydrogens (tertiary/aromatic N) is 1. The van der Waals surface area contributed by atoms with Crippen LogP contribution in [0.1, 0.15) is 22.1 Å². The quantitative estimate of drug-likeness (QED) is 0.818. The molecule has 0 bridgehead atoms. The van der Waals surface area contributed by atoms with Gasteiger partial charge in [0.1, 0.15) is 0 Å². The van der Waals surface area contributed by atoms with Gasteiger partial charge in [0.2, 0.25) is 5.76 Å². The number of halogens is 1. The smallest absolute Gasteiger partial charge is 0.293 e. The van der Waals surface area contributed by atoms with E-state index in [-0.39, 0.29) is 11.7 Å². The van der Waals surface area contributed by atoms with Gasteiger partial charge in [-0.05, 0) is 25.1 Å². The molecule has 1 heterocycles. The fraction of sp³-hybridized carbons (Fsp3) is 0.167. The van der Waals surface area contributed by atoms with Crippen LogP contribution in [0.3, 0.4) is 0 Å². The number of aryl methyl sites for hydroxylation is 2. The minimum Gasteiger partial charge on any atom is -0.436 e. The van der Waals surface area contributed by atoms with Crippen molar-refractivity contribution in [3.63, 3.8) is 0 Å². The van der Waals surface area contributed by atoms with E-state index in [9.17, 15) is 4.79 Å². The lowest BCUT2D eigenvalue weighted by Crippen LogP contribution is -2.12. The van der Waals surface area contributed by atoms with E-state index >= 15 is 0 Å². The molecule has 1 aromatic carbocycles. The third-order valence-electron chi connectivity index (χ3n) is 2.37. The second-order valence-corrected chi connectivity index (χ2v) is 4.25. The zero-order valence-corrected chi connectivity index (χ0v) is 10.7. The number of hydrogen-bond donors (Lipinski definition) is 2. The van der Waals surface area contributed by atoms with Gasteiger partial charge < -0.3 is 15.5 Å². The molecule has 0 saturated carbocycles. The number of hydrogen-bond acceptors (Lipinski definition) is 4. The van der Waals surface area contributed by atoms with Crippen molar-refractivity contribution in [3.8, 4) is 0 Å². The minimum atomic E-state index is -0.367. The highest BCUT2D eigenvalue weighted by Crippen LogP contribution is 2.23. The van der Waals surface area contributed by atoms with E-state index in [2.05, 4.69) is 10.3 Å². The van der Waals surface area contributed by atoms with Gasteiger partial charge in [-0.1, -0.05) is 11.6 Å². The fourth-order valence-electron chi connectivity index (χ4n) is 1.53. The largest absolute Gasteiger partial charge is 0.436 e. The van der Waals surface area contributed by atoms with Crippen molar-refractivity contribution in [1.82, 2.24) is 4.98 Å². The zero-order valence-electron chi connectivity index (χ0n) is 9.95. The first-order valence-electron chi connectivity index (χ1n) is 5.28. The van der Waals surface area contributed by atoms with Gasteiger partial charge >= 0.3 is 0 Å². The van der Waals surface area contributed by atoms with Crippen molar-refractivity contribution in [2.75, 3.05) is 11.1 Å². The maximum Gasteiger partial charge on any atom is 0.293 e. The molecule has 0 fully saturated rings. The molecule has 0 unspecified atom stereocenters. The Morgan fingerprint density at radius 1 is 1.44 bits per heavy atom. The van der Waals surface area contributed by atoms with E-state index in [0.717, 1.165) is 0 Å². The molecule has 2 rings (SSSR count). The van der Waals surface area contributed by atoms with Crippen LogP contribution in [0.4, 0.5) is 11.4 Å². The molecule has 1 amide bonds. The Kier molecular flexibility index (Phi) is 3.25. The Bertz CT molecular complexity index is 607. The third-order valence-corrected chi connectivity index (χ3v) is 2.70.